The molecule has 0 spiro atoms. The van der Waals surface area contributed by atoms with Crippen LogP contribution in [0, 0.1) is 23.6 Å². The van der Waals surface area contributed by atoms with Crippen LogP contribution in [-0.2, 0) is 57.0 Å². The standard InChI is InChI=1S/C18H17FN4O2S.C14H10F4N4O7S.C14H17N5O7S2.C3H8NO5P/c1-4-5-22-13-7-12(11(19)6-14(13)25-9-16(22)24)20-17-23-10-18(2,3)8-15(23)21-26-17;15-11(16)28-8-5-9(29-12(17)18)20-13(19-8)21-14(25)22-30(26,27)7-4-2-1-3-6(7)10(23)24;1-4-27(21,22)9-6-5-7-15-12(9)28(23,24)19-14(20)18-13-16-10(25-2)8-11(17-13)26-3;5-3(6)1-4-2-10(7,8)9/h1,6-7H,5,8-10H2,2-3H3;1-5,11-12H,(H,23,24)(H2,19,20,21,22,25);5-8H,4H2,1-3H3,(H2,16,17,18,19,20);4H,1-2H2,(H,5,6)(H2,7,8,9). The van der Waals surface area contributed by atoms with Crippen LogP contribution in [-0.4, -0.2) is 168 Å². The van der Waals surface area contributed by atoms with Crippen molar-refractivity contribution in [3.8, 4) is 41.6 Å². The Balaban J connectivity index is 0.000000238. The van der Waals surface area contributed by atoms with Gasteiger partial charge in [0.2, 0.25) is 40.2 Å². The van der Waals surface area contributed by atoms with Crippen molar-refractivity contribution in [1.82, 2.24) is 48.6 Å². The first-order valence-electron chi connectivity index (χ1n) is 25.6. The number of terminal acetylenes is 1. The number of sulfone groups is 1. The number of nitrogens with zero attached hydrogens (tertiary/aromatic N) is 9. The predicted octanol–water partition coefficient (Wildman–Crippen LogP) is 3.13. The normalized spacial score (nSPS) is 13.3. The molecule has 0 fully saturated rings. The molecular weight excluding hydrogens is 1370 g/mol. The number of aromatic nitrogens is 7. The molecule has 0 bridgehead atoms. The summed E-state index contributed by atoms with van der Waals surface area (Å²) < 4.78 is 180. The van der Waals surface area contributed by atoms with Gasteiger partial charge in [0.05, 0.1) is 62.7 Å². The Labute approximate surface area is 532 Å². The molecule has 2 aromatic carbocycles. The van der Waals surface area contributed by atoms with E-state index in [1.54, 1.807) is 10.0 Å². The summed E-state index contributed by atoms with van der Waals surface area (Å²) in [6.45, 7) is -0.849. The highest BCUT2D eigenvalue weighted by Gasteiger charge is 2.33. The summed E-state index contributed by atoms with van der Waals surface area (Å²) in [5.74, 6) is -3.20. The zero-order valence-corrected chi connectivity index (χ0v) is 52.9. The predicted molar refractivity (Wildman–Crippen MR) is 313 cm³/mol. The van der Waals surface area contributed by atoms with Crippen LogP contribution in [0.2, 0.25) is 0 Å². The molecule has 0 radical (unpaired) electrons. The molecular formula is C49H52F5N14O21PS4. The minimum atomic E-state index is -4.71. The van der Waals surface area contributed by atoms with Crippen molar-refractivity contribution < 1.29 is 119 Å². The van der Waals surface area contributed by atoms with Gasteiger partial charge in [-0.1, -0.05) is 38.8 Å². The number of pyridine rings is 1. The highest BCUT2D eigenvalue weighted by atomic mass is 32.2. The number of aromatic carboxylic acids is 1. The van der Waals surface area contributed by atoms with Crippen molar-refractivity contribution in [2.45, 2.75) is 61.8 Å². The smallest absolute Gasteiger partial charge is 0.388 e. The van der Waals surface area contributed by atoms with Gasteiger partial charge in [-0.3, -0.25) is 35.0 Å². The molecule has 6 heterocycles. The number of carboxylic acid groups (broad SMARTS) is 2. The van der Waals surface area contributed by atoms with Gasteiger partial charge < -0.3 is 48.3 Å². The van der Waals surface area contributed by atoms with Crippen LogP contribution in [0.3, 0.4) is 0 Å². The minimum absolute atomic E-state index is 0.0612. The molecule has 0 unspecified atom stereocenters. The Morgan fingerprint density at radius 3 is 1.93 bits per heavy atom. The lowest BCUT2D eigenvalue weighted by molar-refractivity contribution is -0.135. The number of carbonyl (C=O) groups excluding carboxylic acids is 3. The zero-order valence-electron chi connectivity index (χ0n) is 48.8. The fraction of sp³-hybridized carbons (Fsp3) is 0.306. The topological polar surface area (TPSA) is 490 Å². The number of ether oxygens (including phenoxy) is 5. The van der Waals surface area contributed by atoms with E-state index in [0.717, 1.165) is 43.2 Å². The third kappa shape index (κ3) is 21.9. The Hall–Kier alpha value is -9.77. The molecule has 0 saturated carbocycles. The monoisotopic (exact) mass is 1430 g/mol. The maximum atomic E-state index is 14.5. The number of urea groups is 2. The number of carboxylic acids is 2. The van der Waals surface area contributed by atoms with Crippen LogP contribution in [0.15, 0.2) is 86.7 Å². The number of rotatable bonds is 21. The van der Waals surface area contributed by atoms with E-state index in [2.05, 4.69) is 74.2 Å². The second kappa shape index (κ2) is 32.2. The van der Waals surface area contributed by atoms with Crippen molar-refractivity contribution in [1.29, 1.82) is 0 Å². The molecule has 5 amide bonds. The molecule has 2 aliphatic rings. The number of nitrogens with one attached hydrogen (secondary N) is 5. The summed E-state index contributed by atoms with van der Waals surface area (Å²) in [5, 5.41) is 22.1. The molecule has 9 N–H and O–H groups in total. The lowest BCUT2D eigenvalue weighted by Gasteiger charge is -2.28. The van der Waals surface area contributed by atoms with Crippen LogP contribution in [0.4, 0.5) is 54.8 Å². The molecule has 508 valence electrons. The summed E-state index contributed by atoms with van der Waals surface area (Å²) in [6, 6.07) is 8.46. The quantitative estimate of drug-likeness (QED) is 0.0284. The number of carbonyl (C=O) groups is 5. The van der Waals surface area contributed by atoms with Crippen molar-refractivity contribution in [2.75, 3.05) is 61.5 Å². The van der Waals surface area contributed by atoms with Gasteiger partial charge in [-0.25, -0.2) is 55.0 Å². The van der Waals surface area contributed by atoms with Gasteiger partial charge in [0, 0.05) is 36.8 Å². The second-order valence-corrected chi connectivity index (χ2v) is 26.7. The minimum Gasteiger partial charge on any atom is -0.481 e. The summed E-state index contributed by atoms with van der Waals surface area (Å²) in [4.78, 5) is 96.4. The lowest BCUT2D eigenvalue weighted by atomic mass is 9.92. The average molecular weight is 1430 g/mol. The number of anilines is 3. The number of sulfonamides is 2. The highest BCUT2D eigenvalue weighted by Crippen LogP contribution is 2.38. The molecule has 0 saturated heterocycles. The van der Waals surface area contributed by atoms with E-state index in [9.17, 15) is 75.7 Å². The molecule has 45 heteroatoms. The Morgan fingerprint density at radius 1 is 0.840 bits per heavy atom. The van der Waals surface area contributed by atoms with Gasteiger partial charge in [-0.15, -0.1) is 6.42 Å². The number of benzene rings is 2. The number of alkyl halides is 4. The van der Waals surface area contributed by atoms with Crippen LogP contribution in [0.25, 0.3) is 0 Å². The Kier molecular flexibility index (Phi) is 25.7. The fourth-order valence-corrected chi connectivity index (χ4v) is 12.3. The zero-order chi connectivity index (χ0) is 70.1. The molecule has 6 aromatic rings. The third-order valence-corrected chi connectivity index (χ3v) is 17.2. The number of fused-ring (bicyclic) bond motifs is 2. The van der Waals surface area contributed by atoms with Crippen LogP contribution in [0.5, 0.6) is 29.3 Å². The van der Waals surface area contributed by atoms with Gasteiger partial charge >= 0.3 is 44.8 Å². The number of hydrogen-bond donors (Lipinski definition) is 9. The van der Waals surface area contributed by atoms with Crippen molar-refractivity contribution in [2.24, 2.45) is 10.4 Å². The number of halogens is 5. The number of aliphatic carboxylic acids is 1. The molecule has 94 heavy (non-hydrogen) atoms. The van der Waals surface area contributed by atoms with E-state index in [-0.39, 0.29) is 53.6 Å². The summed E-state index contributed by atoms with van der Waals surface area (Å²) in [5.41, 5.74) is 0.0336. The molecule has 35 nitrogen and oxygen atoms in total. The highest BCUT2D eigenvalue weighted by molar-refractivity contribution is 7.93. The fourth-order valence-electron chi connectivity index (χ4n) is 7.44. The summed E-state index contributed by atoms with van der Waals surface area (Å²) >= 11 is 1.24. The SMILES string of the molecule is C#CCN1C(=O)COc2cc(F)c(N=c3snc4n3CC(C)(C)C4)cc21.CCS(=O)(=O)c1cccnc1S(=O)(=O)NC(=O)Nc1nc(OC)cc(OC)n1.O=C(Nc1nc(OC(F)F)cc(OC(F)F)n1)NS(=O)(=O)c1ccccc1C(=O)O.O=C(O)CNCP(=O)(O)O. The molecule has 4 aromatic heterocycles. The van der Waals surface area contributed by atoms with Gasteiger partial charge in [-0.2, -0.15) is 50.3 Å². The number of amides is 5. The molecule has 2 aliphatic heterocycles. The average Bonchev–Trinajstić information content (AvgIpc) is 1.38. The van der Waals surface area contributed by atoms with E-state index in [0.29, 0.717) is 22.3 Å². The van der Waals surface area contributed by atoms with Gasteiger partial charge in [-0.05, 0) is 35.7 Å². The summed E-state index contributed by atoms with van der Waals surface area (Å²) in [6.07, 6.45) is 6.71. The van der Waals surface area contributed by atoms with Crippen molar-refractivity contribution in [3.63, 3.8) is 0 Å². The van der Waals surface area contributed by atoms with Gasteiger partial charge in [0.15, 0.2) is 27.3 Å². The number of hydrogen-bond acceptors (Lipinski definition) is 26. The van der Waals surface area contributed by atoms with E-state index in [1.807, 2.05) is 4.57 Å². The van der Waals surface area contributed by atoms with Gasteiger partial charge in [0.1, 0.15) is 27.1 Å². The number of methoxy groups -OCH3 is 2. The second-order valence-electron chi connectivity index (χ2n) is 18.8. The lowest BCUT2D eigenvalue weighted by Crippen LogP contribution is -2.39. The Morgan fingerprint density at radius 2 is 1.39 bits per heavy atom. The Bertz CT molecular complexity index is 4280. The first-order valence-corrected chi connectivity index (χ1v) is 32.8. The molecule has 0 aliphatic carbocycles. The first kappa shape index (κ1) is 75.0. The summed E-state index contributed by atoms with van der Waals surface area (Å²) in [7, 11) is -14.7. The van der Waals surface area contributed by atoms with Gasteiger partial charge in [0.25, 0.3) is 26.0 Å². The van der Waals surface area contributed by atoms with E-state index in [1.165, 1.54) is 78.7 Å². The van der Waals surface area contributed by atoms with Crippen molar-refractivity contribution >= 4 is 102 Å². The van der Waals surface area contributed by atoms with Crippen LogP contribution in [0.1, 0.15) is 37.0 Å². The van der Waals surface area contributed by atoms with E-state index in [4.69, 9.17) is 40.6 Å². The largest absolute Gasteiger partial charge is 0.481 e. The van der Waals surface area contributed by atoms with Crippen LogP contribution < -0.4 is 58.8 Å². The van der Waals surface area contributed by atoms with E-state index >= 15 is 0 Å². The van der Waals surface area contributed by atoms with E-state index < -0.39 is 131 Å². The first-order chi connectivity index (χ1) is 43.9. The maximum absolute atomic E-state index is 14.5. The maximum Gasteiger partial charge on any atom is 0.388 e. The third-order valence-electron chi connectivity index (χ3n) is 11.2. The molecule has 8 rings (SSSR count). The van der Waals surface area contributed by atoms with Crippen molar-refractivity contribution in [3.05, 3.63) is 88.9 Å². The van der Waals surface area contributed by atoms with Crippen LogP contribution >= 0.6 is 19.1 Å². The molecule has 0 atom stereocenters.